The van der Waals surface area contributed by atoms with Crippen LogP contribution in [0.3, 0.4) is 0 Å². The standard InChI is InChI=1S/C14H23ClOS2/c1-12(10-15)13(2)11-17-18(16)9-7-6-8-14(3,4)5/h6,9H,8,10-11H2,1-5H3/b13-12+. The number of hydrogen-bond acceptors (Lipinski definition) is 2. The first kappa shape index (κ1) is 18.0. The summed E-state index contributed by atoms with van der Waals surface area (Å²) in [6.07, 6.45) is 2.89. The molecule has 0 aliphatic heterocycles. The smallest absolute Gasteiger partial charge is 0.113 e. The molecule has 0 aromatic rings. The summed E-state index contributed by atoms with van der Waals surface area (Å²) in [4.78, 5) is 0. The maximum atomic E-state index is 11.7. The van der Waals surface area contributed by atoms with Crippen LogP contribution in [-0.4, -0.2) is 15.8 Å². The second kappa shape index (κ2) is 9.03. The van der Waals surface area contributed by atoms with E-state index in [0.29, 0.717) is 5.88 Å². The van der Waals surface area contributed by atoms with E-state index in [1.807, 2.05) is 19.9 Å². The van der Waals surface area contributed by atoms with Crippen LogP contribution < -0.4 is 0 Å². The topological polar surface area (TPSA) is 17.1 Å². The fourth-order valence-corrected chi connectivity index (χ4v) is 3.18. The largest absolute Gasteiger partial charge is 0.243 e. The van der Waals surface area contributed by atoms with E-state index in [0.717, 1.165) is 17.7 Å². The van der Waals surface area contributed by atoms with Gasteiger partial charge in [-0.15, -0.1) is 17.3 Å². The summed E-state index contributed by atoms with van der Waals surface area (Å²) in [5.41, 5.74) is 5.62. The van der Waals surface area contributed by atoms with Crippen molar-refractivity contribution >= 4 is 32.2 Å². The molecule has 0 aliphatic carbocycles. The predicted octanol–water partition coefficient (Wildman–Crippen LogP) is 5.06. The van der Waals surface area contributed by atoms with Crippen molar-refractivity contribution in [1.29, 1.82) is 0 Å². The molecule has 0 aliphatic rings. The van der Waals surface area contributed by atoms with Crippen LogP contribution in [0.2, 0.25) is 0 Å². The maximum Gasteiger partial charge on any atom is 0.113 e. The number of rotatable bonds is 6. The fourth-order valence-electron chi connectivity index (χ4n) is 0.887. The van der Waals surface area contributed by atoms with E-state index in [1.165, 1.54) is 16.4 Å². The highest BCUT2D eigenvalue weighted by atomic mass is 35.5. The molecule has 104 valence electrons. The van der Waals surface area contributed by atoms with Crippen LogP contribution in [0.25, 0.3) is 0 Å². The highest BCUT2D eigenvalue weighted by Crippen LogP contribution is 2.19. The van der Waals surface area contributed by atoms with Crippen LogP contribution in [0.15, 0.2) is 28.4 Å². The van der Waals surface area contributed by atoms with Gasteiger partial charge in [0.05, 0.1) is 5.41 Å². The van der Waals surface area contributed by atoms with Crippen molar-refractivity contribution in [2.24, 2.45) is 5.41 Å². The van der Waals surface area contributed by atoms with Crippen molar-refractivity contribution in [3.05, 3.63) is 28.4 Å². The molecule has 1 atom stereocenters. The second-order valence-corrected chi connectivity index (χ2v) is 8.71. The summed E-state index contributed by atoms with van der Waals surface area (Å²) in [7, 11) is 0.388. The van der Waals surface area contributed by atoms with Gasteiger partial charge in [-0.3, -0.25) is 0 Å². The molecule has 0 fully saturated rings. The first-order chi connectivity index (χ1) is 8.26. The third-order valence-electron chi connectivity index (χ3n) is 2.32. The maximum absolute atomic E-state index is 11.7. The molecule has 18 heavy (non-hydrogen) atoms. The van der Waals surface area contributed by atoms with Crippen LogP contribution in [0.5, 0.6) is 0 Å². The van der Waals surface area contributed by atoms with E-state index >= 15 is 0 Å². The molecule has 0 rings (SSSR count). The number of allylic oxidation sites excluding steroid dienone is 2. The van der Waals surface area contributed by atoms with Crippen LogP contribution in [0.1, 0.15) is 41.0 Å². The normalized spacial score (nSPS) is 14.6. The lowest BCUT2D eigenvalue weighted by Crippen LogP contribution is -2.01. The minimum atomic E-state index is -1.02. The molecular formula is C14H23ClOS2. The van der Waals surface area contributed by atoms with Crippen LogP contribution >= 0.6 is 22.4 Å². The Kier molecular flexibility index (Phi) is 9.06. The summed E-state index contributed by atoms with van der Waals surface area (Å²) >= 11 is 5.74. The van der Waals surface area contributed by atoms with E-state index in [-0.39, 0.29) is 5.41 Å². The molecule has 0 aromatic heterocycles. The zero-order chi connectivity index (χ0) is 14.2. The lowest BCUT2D eigenvalue weighted by atomic mass is 9.92. The summed E-state index contributed by atoms with van der Waals surface area (Å²) in [5, 5.41) is 1.62. The van der Waals surface area contributed by atoms with Crippen molar-refractivity contribution in [2.75, 3.05) is 11.6 Å². The number of halogens is 1. The van der Waals surface area contributed by atoms with E-state index in [4.69, 9.17) is 11.6 Å². The third kappa shape index (κ3) is 10.0. The van der Waals surface area contributed by atoms with Gasteiger partial charge in [-0.25, -0.2) is 4.21 Å². The summed E-state index contributed by atoms with van der Waals surface area (Å²) in [6.45, 7) is 10.5. The molecule has 0 heterocycles. The Labute approximate surface area is 123 Å². The van der Waals surface area contributed by atoms with Crippen molar-refractivity contribution in [2.45, 2.75) is 41.0 Å². The van der Waals surface area contributed by atoms with Gasteiger partial charge in [0.2, 0.25) is 0 Å². The van der Waals surface area contributed by atoms with Gasteiger partial charge in [-0.1, -0.05) is 42.7 Å². The molecule has 0 spiro atoms. The van der Waals surface area contributed by atoms with Gasteiger partial charge in [0.15, 0.2) is 0 Å². The SMILES string of the molecule is C/C(CCl)=C(/C)CSS(=O)C=C=CCC(C)(C)C. The minimum Gasteiger partial charge on any atom is -0.243 e. The fraction of sp³-hybridized carbons (Fsp3) is 0.643. The van der Waals surface area contributed by atoms with E-state index < -0.39 is 9.83 Å². The van der Waals surface area contributed by atoms with Crippen LogP contribution in [-0.2, 0) is 9.83 Å². The van der Waals surface area contributed by atoms with E-state index in [1.54, 1.807) is 5.41 Å². The number of alkyl halides is 1. The van der Waals surface area contributed by atoms with E-state index in [9.17, 15) is 4.21 Å². The van der Waals surface area contributed by atoms with Gasteiger partial charge in [-0.2, -0.15) is 0 Å². The quantitative estimate of drug-likeness (QED) is 0.295. The van der Waals surface area contributed by atoms with Gasteiger partial charge in [0, 0.05) is 11.6 Å². The Bertz CT molecular complexity index is 372. The molecule has 0 bridgehead atoms. The highest BCUT2D eigenvalue weighted by molar-refractivity contribution is 8.70. The van der Waals surface area contributed by atoms with Crippen molar-refractivity contribution in [3.8, 4) is 0 Å². The van der Waals surface area contributed by atoms with Crippen LogP contribution in [0, 0.1) is 5.41 Å². The first-order valence-electron chi connectivity index (χ1n) is 5.92. The van der Waals surface area contributed by atoms with Gasteiger partial charge >= 0.3 is 0 Å². The molecule has 4 heteroatoms. The van der Waals surface area contributed by atoms with Gasteiger partial charge < -0.3 is 0 Å². The van der Waals surface area contributed by atoms with Crippen molar-refractivity contribution in [3.63, 3.8) is 0 Å². The van der Waals surface area contributed by atoms with Crippen molar-refractivity contribution in [1.82, 2.24) is 0 Å². The number of hydrogen-bond donors (Lipinski definition) is 0. The Morgan fingerprint density at radius 2 is 1.94 bits per heavy atom. The highest BCUT2D eigenvalue weighted by Gasteiger charge is 2.06. The van der Waals surface area contributed by atoms with Gasteiger partial charge in [0.25, 0.3) is 0 Å². The molecule has 0 amide bonds. The molecule has 0 aromatic carbocycles. The monoisotopic (exact) mass is 306 g/mol. The molecular weight excluding hydrogens is 284 g/mol. The molecule has 0 N–H and O–H groups in total. The molecule has 1 nitrogen and oxygen atoms in total. The average molecular weight is 307 g/mol. The summed E-state index contributed by atoms with van der Waals surface area (Å²) in [6, 6.07) is 0. The Morgan fingerprint density at radius 1 is 1.33 bits per heavy atom. The average Bonchev–Trinajstić information content (AvgIpc) is 2.29. The third-order valence-corrected chi connectivity index (χ3v) is 5.17. The summed E-state index contributed by atoms with van der Waals surface area (Å²) < 4.78 is 11.7. The lowest BCUT2D eigenvalue weighted by Gasteiger charge is -2.13. The second-order valence-electron chi connectivity index (χ2n) is 5.47. The van der Waals surface area contributed by atoms with Gasteiger partial charge in [-0.05, 0) is 31.8 Å². The minimum absolute atomic E-state index is 0.256. The van der Waals surface area contributed by atoms with Crippen molar-refractivity contribution < 1.29 is 4.21 Å². The Hall–Kier alpha value is 0.0500. The Balaban J connectivity index is 4.18. The summed E-state index contributed by atoms with van der Waals surface area (Å²) in [5.74, 6) is 1.29. The molecule has 0 saturated carbocycles. The van der Waals surface area contributed by atoms with Gasteiger partial charge in [0.1, 0.15) is 9.83 Å². The predicted molar refractivity (Wildman–Crippen MR) is 86.4 cm³/mol. The zero-order valence-corrected chi connectivity index (χ0v) is 14.3. The lowest BCUT2D eigenvalue weighted by molar-refractivity contribution is 0.421. The van der Waals surface area contributed by atoms with E-state index in [2.05, 4.69) is 26.5 Å². The molecule has 0 radical (unpaired) electrons. The van der Waals surface area contributed by atoms with Crippen LogP contribution in [0.4, 0.5) is 0 Å². The molecule has 0 saturated heterocycles. The molecule has 1 unspecified atom stereocenters. The Morgan fingerprint density at radius 3 is 2.44 bits per heavy atom. The zero-order valence-electron chi connectivity index (χ0n) is 11.9. The first-order valence-corrected chi connectivity index (χ1v) is 9.17.